The minimum atomic E-state index is -0.211. The lowest BCUT2D eigenvalue weighted by Crippen LogP contribution is -2.27. The molecule has 2 aromatic rings. The van der Waals surface area contributed by atoms with E-state index in [1.165, 1.54) is 17.7 Å². The molecule has 16 heavy (non-hydrogen) atoms. The number of rotatable bonds is 3. The number of H-pyrrole nitrogens is 1. The van der Waals surface area contributed by atoms with Gasteiger partial charge in [-0.3, -0.25) is 9.89 Å². The number of thiazole rings is 1. The summed E-state index contributed by atoms with van der Waals surface area (Å²) in [5, 5.41) is 11.8. The second-order valence-electron chi connectivity index (χ2n) is 3.32. The largest absolute Gasteiger partial charge is 0.341 e. The number of carbonyl (C=O) groups excluding carboxylic acids is 1. The molecule has 1 amide bonds. The average Bonchev–Trinajstić information content (AvgIpc) is 2.87. The maximum absolute atomic E-state index is 11.7. The summed E-state index contributed by atoms with van der Waals surface area (Å²) < 4.78 is 0. The van der Waals surface area contributed by atoms with E-state index >= 15 is 0 Å². The number of aromatic amines is 1. The summed E-state index contributed by atoms with van der Waals surface area (Å²) in [6.07, 6.45) is 1.41. The molecule has 2 rings (SSSR count). The molecular formula is C9H11N5OS. The highest BCUT2D eigenvalue weighted by Crippen LogP contribution is 2.10. The molecule has 0 spiro atoms. The van der Waals surface area contributed by atoms with Crippen molar-refractivity contribution in [1.29, 1.82) is 0 Å². The van der Waals surface area contributed by atoms with Gasteiger partial charge in [-0.15, -0.1) is 11.3 Å². The topological polar surface area (TPSA) is 83.6 Å². The van der Waals surface area contributed by atoms with E-state index in [4.69, 9.17) is 0 Å². The second kappa shape index (κ2) is 4.40. The van der Waals surface area contributed by atoms with E-state index in [2.05, 4.69) is 25.5 Å². The molecule has 0 aromatic carbocycles. The summed E-state index contributed by atoms with van der Waals surface area (Å²) in [7, 11) is 0. The highest BCUT2D eigenvalue weighted by atomic mass is 32.1. The normalized spacial score (nSPS) is 12.4. The average molecular weight is 237 g/mol. The first-order valence-electron chi connectivity index (χ1n) is 4.75. The summed E-state index contributed by atoms with van der Waals surface area (Å²) in [5.74, 6) is 0.425. The molecule has 2 heterocycles. The number of nitrogens with one attached hydrogen (secondary N) is 2. The Morgan fingerprint density at radius 2 is 2.44 bits per heavy atom. The highest BCUT2D eigenvalue weighted by molar-refractivity contribution is 7.09. The molecule has 1 atom stereocenters. The van der Waals surface area contributed by atoms with Crippen molar-refractivity contribution in [2.45, 2.75) is 19.9 Å². The fraction of sp³-hybridized carbons (Fsp3) is 0.333. The van der Waals surface area contributed by atoms with Gasteiger partial charge < -0.3 is 5.32 Å². The molecule has 0 radical (unpaired) electrons. The van der Waals surface area contributed by atoms with Crippen LogP contribution in [0.2, 0.25) is 0 Å². The van der Waals surface area contributed by atoms with Gasteiger partial charge in [-0.25, -0.2) is 9.97 Å². The van der Waals surface area contributed by atoms with Crippen LogP contribution < -0.4 is 5.32 Å². The number of aryl methyl sites for hydroxylation is 1. The summed E-state index contributed by atoms with van der Waals surface area (Å²) in [4.78, 5) is 19.8. The number of aromatic nitrogens is 4. The van der Waals surface area contributed by atoms with E-state index in [0.29, 0.717) is 11.5 Å². The van der Waals surface area contributed by atoms with Gasteiger partial charge in [-0.1, -0.05) is 0 Å². The van der Waals surface area contributed by atoms with Gasteiger partial charge in [0.1, 0.15) is 17.8 Å². The van der Waals surface area contributed by atoms with Crippen molar-refractivity contribution in [1.82, 2.24) is 25.5 Å². The predicted molar refractivity (Wildman–Crippen MR) is 59.1 cm³/mol. The van der Waals surface area contributed by atoms with Gasteiger partial charge >= 0.3 is 0 Å². The third kappa shape index (κ3) is 2.25. The third-order valence-electron chi connectivity index (χ3n) is 2.04. The zero-order chi connectivity index (χ0) is 11.5. The minimum absolute atomic E-state index is 0.201. The summed E-state index contributed by atoms with van der Waals surface area (Å²) >= 11 is 1.45. The third-order valence-corrected chi connectivity index (χ3v) is 2.82. The van der Waals surface area contributed by atoms with Crippen LogP contribution in [0, 0.1) is 6.92 Å². The quantitative estimate of drug-likeness (QED) is 0.836. The van der Waals surface area contributed by atoms with E-state index in [9.17, 15) is 4.79 Å². The van der Waals surface area contributed by atoms with Crippen LogP contribution in [0.1, 0.15) is 34.3 Å². The Balaban J connectivity index is 2.03. The molecular weight excluding hydrogens is 226 g/mol. The van der Waals surface area contributed by atoms with Crippen molar-refractivity contribution in [3.8, 4) is 0 Å². The number of carbonyl (C=O) groups is 1. The first-order chi connectivity index (χ1) is 7.66. The Labute approximate surface area is 96.1 Å². The Bertz CT molecular complexity index is 478. The van der Waals surface area contributed by atoms with Gasteiger partial charge in [0.15, 0.2) is 0 Å². The molecule has 7 heteroatoms. The van der Waals surface area contributed by atoms with Gasteiger partial charge in [0.2, 0.25) is 0 Å². The SMILES string of the molecule is Cc1nc(C(=O)N[C@@H](C)c2ncn[nH]2)cs1. The van der Waals surface area contributed by atoms with Crippen molar-refractivity contribution in [2.24, 2.45) is 0 Å². The smallest absolute Gasteiger partial charge is 0.271 e. The molecule has 0 saturated carbocycles. The molecule has 84 valence electrons. The van der Waals surface area contributed by atoms with Gasteiger partial charge in [-0.05, 0) is 13.8 Å². The molecule has 0 saturated heterocycles. The molecule has 0 aliphatic rings. The van der Waals surface area contributed by atoms with Crippen molar-refractivity contribution in [3.63, 3.8) is 0 Å². The zero-order valence-electron chi connectivity index (χ0n) is 8.89. The first-order valence-corrected chi connectivity index (χ1v) is 5.63. The van der Waals surface area contributed by atoms with Crippen LogP contribution in [0.25, 0.3) is 0 Å². The number of hydrogen-bond donors (Lipinski definition) is 2. The fourth-order valence-corrected chi connectivity index (χ4v) is 1.82. The monoisotopic (exact) mass is 237 g/mol. The van der Waals surface area contributed by atoms with Crippen LogP contribution in [0.15, 0.2) is 11.7 Å². The molecule has 0 fully saturated rings. The Kier molecular flexibility index (Phi) is 2.95. The van der Waals surface area contributed by atoms with Crippen LogP contribution in [0.3, 0.4) is 0 Å². The summed E-state index contributed by atoms with van der Waals surface area (Å²) in [5.41, 5.74) is 0.439. The lowest BCUT2D eigenvalue weighted by Gasteiger charge is -2.09. The highest BCUT2D eigenvalue weighted by Gasteiger charge is 2.15. The maximum Gasteiger partial charge on any atom is 0.271 e. The van der Waals surface area contributed by atoms with E-state index in [-0.39, 0.29) is 11.9 Å². The Morgan fingerprint density at radius 3 is 3.00 bits per heavy atom. The van der Waals surface area contributed by atoms with Crippen molar-refractivity contribution >= 4 is 17.2 Å². The van der Waals surface area contributed by atoms with Crippen LogP contribution in [0.4, 0.5) is 0 Å². The molecule has 2 N–H and O–H groups in total. The molecule has 0 bridgehead atoms. The summed E-state index contributed by atoms with van der Waals surface area (Å²) in [6.45, 7) is 3.69. The first kappa shape index (κ1) is 10.7. The van der Waals surface area contributed by atoms with E-state index in [1.54, 1.807) is 5.38 Å². The molecule has 2 aromatic heterocycles. The van der Waals surface area contributed by atoms with Crippen molar-refractivity contribution in [2.75, 3.05) is 0 Å². The van der Waals surface area contributed by atoms with Crippen molar-refractivity contribution in [3.05, 3.63) is 28.2 Å². The molecule has 6 nitrogen and oxygen atoms in total. The van der Waals surface area contributed by atoms with E-state index in [1.807, 2.05) is 13.8 Å². The molecule has 0 unspecified atom stereocenters. The van der Waals surface area contributed by atoms with Crippen LogP contribution in [-0.2, 0) is 0 Å². The van der Waals surface area contributed by atoms with Gasteiger partial charge in [0.25, 0.3) is 5.91 Å². The second-order valence-corrected chi connectivity index (χ2v) is 4.38. The lowest BCUT2D eigenvalue weighted by molar-refractivity contribution is 0.0934. The summed E-state index contributed by atoms with van der Waals surface area (Å²) in [6, 6.07) is -0.211. The van der Waals surface area contributed by atoms with Crippen LogP contribution in [0.5, 0.6) is 0 Å². The van der Waals surface area contributed by atoms with E-state index in [0.717, 1.165) is 5.01 Å². The standard InChI is InChI=1S/C9H11N5OS/c1-5(8-10-4-11-14-8)12-9(15)7-3-16-6(2)13-7/h3-5H,1-2H3,(H,12,15)(H,10,11,14)/t5-/m0/s1. The minimum Gasteiger partial charge on any atom is -0.341 e. The fourth-order valence-electron chi connectivity index (χ4n) is 1.23. The lowest BCUT2D eigenvalue weighted by atomic mass is 10.3. The number of nitrogens with zero attached hydrogens (tertiary/aromatic N) is 3. The number of amides is 1. The van der Waals surface area contributed by atoms with Crippen molar-refractivity contribution < 1.29 is 4.79 Å². The van der Waals surface area contributed by atoms with Crippen LogP contribution >= 0.6 is 11.3 Å². The van der Waals surface area contributed by atoms with E-state index < -0.39 is 0 Å². The number of hydrogen-bond acceptors (Lipinski definition) is 5. The van der Waals surface area contributed by atoms with Gasteiger partial charge in [0.05, 0.1) is 11.0 Å². The van der Waals surface area contributed by atoms with Gasteiger partial charge in [-0.2, -0.15) is 5.10 Å². The van der Waals surface area contributed by atoms with Gasteiger partial charge in [0, 0.05) is 5.38 Å². The predicted octanol–water partition coefficient (Wildman–Crippen LogP) is 1.06. The van der Waals surface area contributed by atoms with Crippen LogP contribution in [-0.4, -0.2) is 26.1 Å². The maximum atomic E-state index is 11.7. The Morgan fingerprint density at radius 1 is 1.62 bits per heavy atom. The Hall–Kier alpha value is -1.76. The molecule has 0 aliphatic heterocycles. The molecule has 0 aliphatic carbocycles. The zero-order valence-corrected chi connectivity index (χ0v) is 9.71.